The van der Waals surface area contributed by atoms with E-state index in [0.717, 1.165) is 0 Å². The summed E-state index contributed by atoms with van der Waals surface area (Å²) < 4.78 is 0. The Labute approximate surface area is 54.6 Å². The molecule has 0 bridgehead atoms. The van der Waals surface area contributed by atoms with Crippen molar-refractivity contribution in [1.29, 1.82) is 0 Å². The molecule has 2 aliphatic rings. The molecule has 1 N–H and O–H groups in total. The first-order valence-corrected chi connectivity index (χ1v) is 3.45. The molecule has 0 radical (unpaired) electrons. The lowest BCUT2D eigenvalue weighted by Gasteiger charge is -2.14. The molecule has 1 aliphatic heterocycles. The van der Waals surface area contributed by atoms with E-state index in [1.165, 1.54) is 24.8 Å². The number of hydrogen-bond acceptors (Lipinski definition) is 2. The lowest BCUT2D eigenvalue weighted by molar-refractivity contribution is 0.550. The highest BCUT2D eigenvalue weighted by Gasteiger charge is 2.18. The zero-order valence-electron chi connectivity index (χ0n) is 5.30. The molecule has 0 aromatic heterocycles. The smallest absolute Gasteiger partial charge is 0.0702 e. The summed E-state index contributed by atoms with van der Waals surface area (Å²) in [6.07, 6.45) is 8.01. The molecule has 2 heteroatoms. The summed E-state index contributed by atoms with van der Waals surface area (Å²) in [7, 11) is 0. The predicted molar refractivity (Wildman–Crippen MR) is 37.3 cm³/mol. The van der Waals surface area contributed by atoms with Crippen molar-refractivity contribution in [3.63, 3.8) is 0 Å². The maximum absolute atomic E-state index is 3.98. The third-order valence-electron chi connectivity index (χ3n) is 1.92. The number of nitrogens with one attached hydrogen (secondary N) is 1. The lowest BCUT2D eigenvalue weighted by Crippen LogP contribution is -2.22. The molecule has 0 aromatic rings. The largest absolute Gasteiger partial charge is 0.303 e. The second-order valence-electron chi connectivity index (χ2n) is 2.57. The van der Waals surface area contributed by atoms with Gasteiger partial charge in [-0.25, -0.2) is 0 Å². The van der Waals surface area contributed by atoms with Gasteiger partial charge in [-0.2, -0.15) is 5.10 Å². The minimum absolute atomic E-state index is 0.554. The van der Waals surface area contributed by atoms with Gasteiger partial charge in [-0.05, 0) is 24.8 Å². The first kappa shape index (κ1) is 5.03. The van der Waals surface area contributed by atoms with Crippen LogP contribution in [-0.4, -0.2) is 12.3 Å². The van der Waals surface area contributed by atoms with Gasteiger partial charge in [0, 0.05) is 0 Å². The highest BCUT2D eigenvalue weighted by atomic mass is 15.3. The number of allylic oxidation sites excluding steroid dienone is 1. The molecule has 1 atom stereocenters. The maximum atomic E-state index is 3.98. The number of fused-ring (bicyclic) bond motifs is 1. The molecule has 0 fully saturated rings. The van der Waals surface area contributed by atoms with Crippen LogP contribution >= 0.6 is 0 Å². The van der Waals surface area contributed by atoms with Crippen molar-refractivity contribution >= 4 is 6.21 Å². The molecular formula is C7H10N2. The highest BCUT2D eigenvalue weighted by molar-refractivity contribution is 5.82. The zero-order chi connectivity index (χ0) is 6.10. The van der Waals surface area contributed by atoms with E-state index in [-0.39, 0.29) is 0 Å². The molecule has 2 nitrogen and oxygen atoms in total. The Bertz CT molecular complexity index is 170. The van der Waals surface area contributed by atoms with Crippen LogP contribution in [0.15, 0.2) is 16.8 Å². The summed E-state index contributed by atoms with van der Waals surface area (Å²) in [4.78, 5) is 0. The quantitative estimate of drug-likeness (QED) is 0.510. The van der Waals surface area contributed by atoms with Gasteiger partial charge in [0.05, 0.1) is 12.3 Å². The SMILES string of the molecule is C1=NNC2CCCC=C12. The van der Waals surface area contributed by atoms with Crippen molar-refractivity contribution in [2.45, 2.75) is 25.3 Å². The van der Waals surface area contributed by atoms with E-state index in [4.69, 9.17) is 0 Å². The van der Waals surface area contributed by atoms with Crippen LogP contribution < -0.4 is 5.43 Å². The molecule has 0 aromatic carbocycles. The summed E-state index contributed by atoms with van der Waals surface area (Å²) in [5.74, 6) is 0. The number of rotatable bonds is 0. The molecule has 2 rings (SSSR count). The molecule has 0 saturated heterocycles. The first-order chi connectivity index (χ1) is 4.47. The van der Waals surface area contributed by atoms with Crippen LogP contribution in [0.1, 0.15) is 19.3 Å². The number of hydrogen-bond donors (Lipinski definition) is 1. The average molecular weight is 122 g/mol. The van der Waals surface area contributed by atoms with Crippen molar-refractivity contribution in [3.8, 4) is 0 Å². The van der Waals surface area contributed by atoms with E-state index in [1.807, 2.05) is 6.21 Å². The standard InChI is InChI=1S/C7H10N2/c1-2-4-7-6(3-1)5-8-9-7/h3,5,7,9H,1-2,4H2. The average Bonchev–Trinajstić information content (AvgIpc) is 2.33. The van der Waals surface area contributed by atoms with E-state index in [1.54, 1.807) is 0 Å². The van der Waals surface area contributed by atoms with Crippen LogP contribution in [0.3, 0.4) is 0 Å². The Hall–Kier alpha value is -0.790. The Morgan fingerprint density at radius 2 is 2.67 bits per heavy atom. The number of nitrogens with zero attached hydrogens (tertiary/aromatic N) is 1. The predicted octanol–water partition coefficient (Wildman–Crippen LogP) is 1.05. The van der Waals surface area contributed by atoms with Crippen molar-refractivity contribution in [1.82, 2.24) is 5.43 Å². The van der Waals surface area contributed by atoms with Crippen molar-refractivity contribution < 1.29 is 0 Å². The van der Waals surface area contributed by atoms with Gasteiger partial charge < -0.3 is 5.43 Å². The minimum Gasteiger partial charge on any atom is -0.303 e. The van der Waals surface area contributed by atoms with Gasteiger partial charge in [0.25, 0.3) is 0 Å². The molecule has 9 heavy (non-hydrogen) atoms. The Balaban J connectivity index is 2.23. The fourth-order valence-electron chi connectivity index (χ4n) is 1.38. The molecule has 1 unspecified atom stereocenters. The van der Waals surface area contributed by atoms with E-state index in [0.29, 0.717) is 6.04 Å². The lowest BCUT2D eigenvalue weighted by atomic mass is 9.96. The van der Waals surface area contributed by atoms with Crippen LogP contribution in [0.5, 0.6) is 0 Å². The maximum Gasteiger partial charge on any atom is 0.0702 e. The summed E-state index contributed by atoms with van der Waals surface area (Å²) >= 11 is 0. The summed E-state index contributed by atoms with van der Waals surface area (Å²) in [5.41, 5.74) is 4.45. The third kappa shape index (κ3) is 0.745. The highest BCUT2D eigenvalue weighted by Crippen LogP contribution is 2.19. The van der Waals surface area contributed by atoms with E-state index >= 15 is 0 Å². The van der Waals surface area contributed by atoms with Crippen LogP contribution in [-0.2, 0) is 0 Å². The van der Waals surface area contributed by atoms with Crippen molar-refractivity contribution in [3.05, 3.63) is 11.6 Å². The van der Waals surface area contributed by atoms with Gasteiger partial charge in [0.2, 0.25) is 0 Å². The topological polar surface area (TPSA) is 24.4 Å². The van der Waals surface area contributed by atoms with Gasteiger partial charge in [-0.3, -0.25) is 0 Å². The molecule has 0 spiro atoms. The van der Waals surface area contributed by atoms with Crippen LogP contribution in [0, 0.1) is 0 Å². The molecule has 0 saturated carbocycles. The summed E-state index contributed by atoms with van der Waals surface area (Å²) in [5, 5.41) is 3.98. The van der Waals surface area contributed by atoms with Gasteiger partial charge in [0.1, 0.15) is 0 Å². The van der Waals surface area contributed by atoms with E-state index < -0.39 is 0 Å². The van der Waals surface area contributed by atoms with Gasteiger partial charge >= 0.3 is 0 Å². The summed E-state index contributed by atoms with van der Waals surface area (Å²) in [6, 6.07) is 0.554. The van der Waals surface area contributed by atoms with Crippen molar-refractivity contribution in [2.24, 2.45) is 5.10 Å². The Kier molecular flexibility index (Phi) is 1.04. The van der Waals surface area contributed by atoms with Crippen LogP contribution in [0.4, 0.5) is 0 Å². The first-order valence-electron chi connectivity index (χ1n) is 3.45. The second kappa shape index (κ2) is 1.87. The van der Waals surface area contributed by atoms with Gasteiger partial charge in [-0.15, -0.1) is 0 Å². The van der Waals surface area contributed by atoms with Crippen LogP contribution in [0.25, 0.3) is 0 Å². The molecule has 0 amide bonds. The van der Waals surface area contributed by atoms with E-state index in [2.05, 4.69) is 16.6 Å². The molecule has 1 heterocycles. The number of hydrazone groups is 1. The molecule has 1 aliphatic carbocycles. The fraction of sp³-hybridized carbons (Fsp3) is 0.571. The van der Waals surface area contributed by atoms with Gasteiger partial charge in [0.15, 0.2) is 0 Å². The summed E-state index contributed by atoms with van der Waals surface area (Å²) in [6.45, 7) is 0. The second-order valence-corrected chi connectivity index (χ2v) is 2.57. The molecular weight excluding hydrogens is 112 g/mol. The normalized spacial score (nSPS) is 31.1. The van der Waals surface area contributed by atoms with E-state index in [9.17, 15) is 0 Å². The Morgan fingerprint density at radius 3 is 3.56 bits per heavy atom. The molecule has 48 valence electrons. The fourth-order valence-corrected chi connectivity index (χ4v) is 1.38. The minimum atomic E-state index is 0.554. The monoisotopic (exact) mass is 122 g/mol. The Morgan fingerprint density at radius 1 is 1.67 bits per heavy atom. The van der Waals surface area contributed by atoms with Crippen molar-refractivity contribution in [2.75, 3.05) is 0 Å². The van der Waals surface area contributed by atoms with Gasteiger partial charge in [-0.1, -0.05) is 6.08 Å². The third-order valence-corrected chi connectivity index (χ3v) is 1.92. The zero-order valence-corrected chi connectivity index (χ0v) is 5.30. The van der Waals surface area contributed by atoms with Crippen LogP contribution in [0.2, 0.25) is 0 Å².